The number of benzene rings is 1. The van der Waals surface area contributed by atoms with Gasteiger partial charge in [-0.15, -0.1) is 0 Å². The van der Waals surface area contributed by atoms with Crippen LogP contribution in [-0.2, 0) is 0 Å². The minimum absolute atomic E-state index is 0.167. The highest BCUT2D eigenvalue weighted by Gasteiger charge is 1.90. The first kappa shape index (κ1) is 11.5. The molecule has 1 N–H and O–H groups in total. The number of hydrogen-bond donors (Lipinski definition) is 1. The summed E-state index contributed by atoms with van der Waals surface area (Å²) < 4.78 is 0. The molecule has 0 aromatic heterocycles. The molecule has 1 aromatic carbocycles. The van der Waals surface area contributed by atoms with E-state index in [0.29, 0.717) is 0 Å². The van der Waals surface area contributed by atoms with E-state index in [2.05, 4.69) is 10.5 Å². The van der Waals surface area contributed by atoms with Gasteiger partial charge in [0.05, 0.1) is 0 Å². The quantitative estimate of drug-likeness (QED) is 0.628. The smallest absolute Gasteiger partial charge is 0.260 e. The first-order valence-electron chi connectivity index (χ1n) is 4.41. The van der Waals surface area contributed by atoms with Crippen LogP contribution in [0.5, 0.6) is 0 Å². The van der Waals surface area contributed by atoms with Crippen molar-refractivity contribution >= 4 is 29.3 Å². The summed E-state index contributed by atoms with van der Waals surface area (Å²) >= 11 is 1.09. The maximum Gasteiger partial charge on any atom is 0.298 e. The number of amides is 1. The Kier molecular flexibility index (Phi) is 5.25. The van der Waals surface area contributed by atoms with Crippen molar-refractivity contribution in [2.45, 2.75) is 0 Å². The highest BCUT2D eigenvalue weighted by Crippen LogP contribution is 1.99. The van der Waals surface area contributed by atoms with E-state index < -0.39 is 0 Å². The Morgan fingerprint density at radius 3 is 2.80 bits per heavy atom. The monoisotopic (exact) mass is 220 g/mol. The molecule has 0 aliphatic carbocycles. The molecule has 78 valence electrons. The van der Waals surface area contributed by atoms with Gasteiger partial charge in [-0.1, -0.05) is 48.2 Å². The molecule has 0 heterocycles. The third-order valence-corrected chi connectivity index (χ3v) is 2.05. The van der Waals surface area contributed by atoms with Crippen LogP contribution in [-0.4, -0.2) is 17.7 Å². The second-order valence-corrected chi connectivity index (χ2v) is 3.43. The predicted molar refractivity (Wildman–Crippen MR) is 66.0 cm³/mol. The maximum absolute atomic E-state index is 10.8. The normalized spacial score (nSPS) is 11.0. The summed E-state index contributed by atoms with van der Waals surface area (Å²) in [5.74, 6) is 0. The average Bonchev–Trinajstić information content (AvgIpc) is 2.29. The predicted octanol–water partition coefficient (Wildman–Crippen LogP) is 2.76. The lowest BCUT2D eigenvalue weighted by Crippen LogP contribution is -2.09. The number of hydrazone groups is 1. The van der Waals surface area contributed by atoms with Crippen LogP contribution in [0.1, 0.15) is 5.56 Å². The Hall–Kier alpha value is -1.55. The van der Waals surface area contributed by atoms with Gasteiger partial charge in [0.1, 0.15) is 0 Å². The number of nitrogens with one attached hydrogen (secondary N) is 1. The number of carbonyl (C=O) groups is 1. The van der Waals surface area contributed by atoms with Gasteiger partial charge >= 0.3 is 0 Å². The van der Waals surface area contributed by atoms with Crippen LogP contribution in [0.25, 0.3) is 6.08 Å². The van der Waals surface area contributed by atoms with Gasteiger partial charge in [0.2, 0.25) is 0 Å². The summed E-state index contributed by atoms with van der Waals surface area (Å²) in [4.78, 5) is 10.8. The lowest BCUT2D eigenvalue weighted by atomic mass is 10.2. The molecule has 1 rings (SSSR count). The van der Waals surface area contributed by atoms with Crippen molar-refractivity contribution in [3.8, 4) is 0 Å². The van der Waals surface area contributed by atoms with Crippen LogP contribution in [0.15, 0.2) is 41.5 Å². The highest BCUT2D eigenvalue weighted by atomic mass is 32.2. The van der Waals surface area contributed by atoms with Crippen molar-refractivity contribution in [2.24, 2.45) is 5.10 Å². The number of rotatable bonds is 3. The Labute approximate surface area is 93.3 Å². The lowest BCUT2D eigenvalue weighted by molar-refractivity contribution is 0.261. The molecule has 0 spiro atoms. The standard InChI is InChI=1S/C11H12N2OS/c1-15-11(14)13-12-9-5-8-10-6-3-2-4-7-10/h2-9H,1H3,(H,13,14). The Bertz CT molecular complexity index is 360. The Morgan fingerprint density at radius 1 is 1.40 bits per heavy atom. The molecule has 0 unspecified atom stereocenters. The number of thioether (sulfide) groups is 1. The van der Waals surface area contributed by atoms with Crippen LogP contribution in [0.3, 0.4) is 0 Å². The van der Waals surface area contributed by atoms with E-state index in [4.69, 9.17) is 0 Å². The topological polar surface area (TPSA) is 41.5 Å². The fourth-order valence-electron chi connectivity index (χ4n) is 0.897. The number of allylic oxidation sites excluding steroid dienone is 1. The zero-order chi connectivity index (χ0) is 10.9. The lowest BCUT2D eigenvalue weighted by Gasteiger charge is -1.91. The summed E-state index contributed by atoms with van der Waals surface area (Å²) in [6.07, 6.45) is 6.93. The summed E-state index contributed by atoms with van der Waals surface area (Å²) in [6.45, 7) is 0. The number of hydrogen-bond acceptors (Lipinski definition) is 3. The first-order valence-corrected chi connectivity index (χ1v) is 5.64. The number of carbonyl (C=O) groups excluding carboxylic acids is 1. The van der Waals surface area contributed by atoms with Crippen LogP contribution in [0.2, 0.25) is 0 Å². The molecular formula is C11H12N2OS. The van der Waals surface area contributed by atoms with E-state index in [0.717, 1.165) is 17.3 Å². The third kappa shape index (κ3) is 5.02. The molecule has 0 saturated heterocycles. The van der Waals surface area contributed by atoms with Crippen LogP contribution < -0.4 is 5.43 Å². The van der Waals surface area contributed by atoms with E-state index in [9.17, 15) is 4.79 Å². The molecule has 0 aliphatic rings. The van der Waals surface area contributed by atoms with Gasteiger partial charge in [-0.25, -0.2) is 5.43 Å². The zero-order valence-electron chi connectivity index (χ0n) is 8.38. The van der Waals surface area contributed by atoms with Crippen molar-refractivity contribution < 1.29 is 4.79 Å². The van der Waals surface area contributed by atoms with E-state index in [1.165, 1.54) is 0 Å². The minimum Gasteiger partial charge on any atom is -0.260 e. The average molecular weight is 220 g/mol. The highest BCUT2D eigenvalue weighted by molar-refractivity contribution is 8.12. The molecule has 0 saturated carbocycles. The van der Waals surface area contributed by atoms with Gasteiger partial charge < -0.3 is 0 Å². The molecule has 15 heavy (non-hydrogen) atoms. The molecular weight excluding hydrogens is 208 g/mol. The van der Waals surface area contributed by atoms with E-state index in [1.807, 2.05) is 36.4 Å². The van der Waals surface area contributed by atoms with E-state index in [-0.39, 0.29) is 5.24 Å². The van der Waals surface area contributed by atoms with Crippen molar-refractivity contribution in [3.63, 3.8) is 0 Å². The molecule has 1 amide bonds. The molecule has 4 heteroatoms. The van der Waals surface area contributed by atoms with Gasteiger partial charge in [-0.2, -0.15) is 5.10 Å². The molecule has 1 aromatic rings. The molecule has 0 radical (unpaired) electrons. The van der Waals surface area contributed by atoms with Crippen molar-refractivity contribution in [1.82, 2.24) is 5.43 Å². The summed E-state index contributed by atoms with van der Waals surface area (Å²) in [5, 5.41) is 3.56. The van der Waals surface area contributed by atoms with Gasteiger partial charge in [0.15, 0.2) is 0 Å². The van der Waals surface area contributed by atoms with Gasteiger partial charge in [-0.3, -0.25) is 4.79 Å². The maximum atomic E-state index is 10.8. The van der Waals surface area contributed by atoms with Crippen molar-refractivity contribution in [2.75, 3.05) is 6.26 Å². The van der Waals surface area contributed by atoms with E-state index in [1.54, 1.807) is 18.5 Å². The van der Waals surface area contributed by atoms with Gasteiger partial charge in [0.25, 0.3) is 5.24 Å². The number of nitrogens with zero attached hydrogens (tertiary/aromatic N) is 1. The van der Waals surface area contributed by atoms with Crippen LogP contribution in [0, 0.1) is 0 Å². The summed E-state index contributed by atoms with van der Waals surface area (Å²) in [7, 11) is 0. The fourth-order valence-corrected chi connectivity index (χ4v) is 1.04. The summed E-state index contributed by atoms with van der Waals surface area (Å²) in [5.41, 5.74) is 3.46. The van der Waals surface area contributed by atoms with Crippen molar-refractivity contribution in [3.05, 3.63) is 42.0 Å². The fraction of sp³-hybridized carbons (Fsp3) is 0.0909. The third-order valence-electron chi connectivity index (χ3n) is 1.59. The molecule has 3 nitrogen and oxygen atoms in total. The molecule has 0 fully saturated rings. The molecule has 0 bridgehead atoms. The second kappa shape index (κ2) is 6.84. The second-order valence-electron chi connectivity index (χ2n) is 2.65. The minimum atomic E-state index is -0.167. The van der Waals surface area contributed by atoms with E-state index >= 15 is 0 Å². The molecule has 0 atom stereocenters. The Balaban J connectivity index is 2.37. The SMILES string of the molecule is CSC(=O)NN=CC=Cc1ccccc1. The summed E-state index contributed by atoms with van der Waals surface area (Å²) in [6, 6.07) is 9.87. The Morgan fingerprint density at radius 2 is 2.13 bits per heavy atom. The largest absolute Gasteiger partial charge is 0.298 e. The van der Waals surface area contributed by atoms with Crippen LogP contribution in [0.4, 0.5) is 4.79 Å². The zero-order valence-corrected chi connectivity index (χ0v) is 9.20. The van der Waals surface area contributed by atoms with Gasteiger partial charge in [0, 0.05) is 6.21 Å². The van der Waals surface area contributed by atoms with Gasteiger partial charge in [-0.05, 0) is 17.9 Å². The molecule has 0 aliphatic heterocycles. The van der Waals surface area contributed by atoms with Crippen LogP contribution >= 0.6 is 11.8 Å². The van der Waals surface area contributed by atoms with Crippen molar-refractivity contribution in [1.29, 1.82) is 0 Å². The first-order chi connectivity index (χ1) is 7.33.